The van der Waals surface area contributed by atoms with E-state index in [0.29, 0.717) is 19.4 Å². The van der Waals surface area contributed by atoms with E-state index >= 15 is 0 Å². The molecule has 1 atom stereocenters. The second-order valence-corrected chi connectivity index (χ2v) is 7.62. The fourth-order valence-corrected chi connectivity index (χ4v) is 3.64. The van der Waals surface area contributed by atoms with Crippen molar-refractivity contribution >= 4 is 0 Å². The van der Waals surface area contributed by atoms with Crippen molar-refractivity contribution in [2.75, 3.05) is 26.8 Å². The summed E-state index contributed by atoms with van der Waals surface area (Å²) in [7, 11) is 1.71. The van der Waals surface area contributed by atoms with Gasteiger partial charge in [-0.15, -0.1) is 6.58 Å². The molecule has 0 aliphatic carbocycles. The van der Waals surface area contributed by atoms with E-state index < -0.39 is 5.60 Å². The summed E-state index contributed by atoms with van der Waals surface area (Å²) in [6.45, 7) is 8.18. The lowest BCUT2D eigenvalue weighted by Crippen LogP contribution is -2.31. The molecule has 0 aliphatic heterocycles. The first-order valence-corrected chi connectivity index (χ1v) is 11.0. The molecule has 30 heavy (non-hydrogen) atoms. The maximum atomic E-state index is 11.7. The Labute approximate surface area is 181 Å². The number of nitrogens with one attached hydrogen (secondary N) is 1. The maximum absolute atomic E-state index is 11.7. The normalized spacial score (nSPS) is 13.0. The minimum atomic E-state index is -0.966. The van der Waals surface area contributed by atoms with Crippen molar-refractivity contribution in [1.82, 2.24) is 5.32 Å². The first kappa shape index (κ1) is 24.1. The summed E-state index contributed by atoms with van der Waals surface area (Å²) in [5.41, 5.74) is 1.04. The molecule has 0 spiro atoms. The average molecular weight is 412 g/mol. The zero-order valence-electron chi connectivity index (χ0n) is 18.5. The van der Waals surface area contributed by atoms with Crippen molar-refractivity contribution in [3.8, 4) is 11.5 Å². The van der Waals surface area contributed by atoms with Gasteiger partial charge < -0.3 is 19.9 Å². The fraction of sp³-hybridized carbons (Fsp3) is 0.462. The van der Waals surface area contributed by atoms with Crippen LogP contribution in [0, 0.1) is 0 Å². The summed E-state index contributed by atoms with van der Waals surface area (Å²) in [6, 6.07) is 16.0. The molecule has 0 amide bonds. The van der Waals surface area contributed by atoms with Crippen LogP contribution in [0.5, 0.6) is 11.5 Å². The second-order valence-electron chi connectivity index (χ2n) is 7.62. The first-order valence-electron chi connectivity index (χ1n) is 11.0. The number of unbranched alkanes of at least 4 members (excludes halogenated alkanes) is 1. The molecule has 2 N–H and O–H groups in total. The van der Waals surface area contributed by atoms with E-state index in [-0.39, 0.29) is 0 Å². The van der Waals surface area contributed by atoms with Crippen LogP contribution in [0.2, 0.25) is 0 Å². The van der Waals surface area contributed by atoms with Crippen molar-refractivity contribution in [2.24, 2.45) is 0 Å². The number of aryl methyl sites for hydroxylation is 1. The molecular weight excluding hydrogens is 374 g/mol. The molecule has 4 heteroatoms. The molecule has 0 unspecified atom stereocenters. The van der Waals surface area contributed by atoms with Crippen LogP contribution in [-0.2, 0) is 16.8 Å². The summed E-state index contributed by atoms with van der Waals surface area (Å²) in [5, 5.41) is 15.1. The van der Waals surface area contributed by atoms with Gasteiger partial charge in [-0.1, -0.05) is 49.4 Å². The van der Waals surface area contributed by atoms with E-state index in [1.54, 1.807) is 7.11 Å². The van der Waals surface area contributed by atoms with Crippen LogP contribution in [0.15, 0.2) is 61.2 Å². The van der Waals surface area contributed by atoms with Crippen LogP contribution in [0.25, 0.3) is 0 Å². The van der Waals surface area contributed by atoms with Gasteiger partial charge in [0.25, 0.3) is 0 Å². The van der Waals surface area contributed by atoms with E-state index in [0.717, 1.165) is 61.4 Å². The Bertz CT molecular complexity index is 761. The number of hydrogen-bond donors (Lipinski definition) is 2. The Morgan fingerprint density at radius 3 is 2.47 bits per heavy atom. The van der Waals surface area contributed by atoms with Gasteiger partial charge in [-0.05, 0) is 69.3 Å². The van der Waals surface area contributed by atoms with Gasteiger partial charge in [0.05, 0.1) is 5.60 Å². The fourth-order valence-electron chi connectivity index (χ4n) is 3.64. The van der Waals surface area contributed by atoms with Gasteiger partial charge in [-0.3, -0.25) is 0 Å². The Balaban J connectivity index is 2.24. The average Bonchev–Trinajstić information content (AvgIpc) is 2.77. The van der Waals surface area contributed by atoms with Crippen LogP contribution in [0.3, 0.4) is 0 Å². The van der Waals surface area contributed by atoms with Gasteiger partial charge in [0.15, 0.2) is 0 Å². The quantitative estimate of drug-likeness (QED) is 0.296. The van der Waals surface area contributed by atoms with E-state index in [4.69, 9.17) is 9.47 Å². The Morgan fingerprint density at radius 1 is 1.00 bits per heavy atom. The highest BCUT2D eigenvalue weighted by molar-refractivity contribution is 5.43. The van der Waals surface area contributed by atoms with Crippen molar-refractivity contribution in [2.45, 2.75) is 51.0 Å². The van der Waals surface area contributed by atoms with Crippen LogP contribution in [0.4, 0.5) is 0 Å². The van der Waals surface area contributed by atoms with Gasteiger partial charge in [-0.2, -0.15) is 0 Å². The third kappa shape index (κ3) is 7.28. The van der Waals surface area contributed by atoms with E-state index in [2.05, 4.69) is 24.9 Å². The summed E-state index contributed by atoms with van der Waals surface area (Å²) in [5.74, 6) is 1.57. The van der Waals surface area contributed by atoms with Gasteiger partial charge in [0, 0.05) is 19.3 Å². The molecule has 0 saturated heterocycles. The number of rotatable bonds is 15. The van der Waals surface area contributed by atoms with Crippen molar-refractivity contribution < 1.29 is 14.6 Å². The molecule has 0 heterocycles. The van der Waals surface area contributed by atoms with Crippen LogP contribution >= 0.6 is 0 Å². The van der Waals surface area contributed by atoms with E-state index in [1.807, 2.05) is 48.5 Å². The smallest absolute Gasteiger partial charge is 0.133 e. The number of methoxy groups -OCH3 is 1. The predicted molar refractivity (Wildman–Crippen MR) is 124 cm³/mol. The minimum Gasteiger partial charge on any atom is -0.457 e. The topological polar surface area (TPSA) is 50.7 Å². The zero-order valence-corrected chi connectivity index (χ0v) is 18.5. The molecule has 0 radical (unpaired) electrons. The van der Waals surface area contributed by atoms with Crippen LogP contribution < -0.4 is 10.1 Å². The van der Waals surface area contributed by atoms with Crippen molar-refractivity contribution in [1.29, 1.82) is 0 Å². The minimum absolute atomic E-state index is 0.618. The number of aliphatic hydroxyl groups is 1. The molecule has 0 fully saturated rings. The van der Waals surface area contributed by atoms with Gasteiger partial charge in [-0.25, -0.2) is 0 Å². The molecule has 2 aromatic rings. The third-order valence-corrected chi connectivity index (χ3v) is 5.39. The first-order chi connectivity index (χ1) is 14.6. The molecule has 2 aromatic carbocycles. The van der Waals surface area contributed by atoms with Gasteiger partial charge >= 0.3 is 0 Å². The largest absolute Gasteiger partial charge is 0.457 e. The summed E-state index contributed by atoms with van der Waals surface area (Å²) < 4.78 is 11.5. The Kier molecular flexibility index (Phi) is 10.6. The van der Waals surface area contributed by atoms with Crippen molar-refractivity contribution in [3.05, 3.63) is 72.3 Å². The lowest BCUT2D eigenvalue weighted by atomic mass is 9.85. The molecule has 0 aliphatic rings. The zero-order chi connectivity index (χ0) is 21.7. The van der Waals surface area contributed by atoms with Crippen molar-refractivity contribution in [3.63, 3.8) is 0 Å². The third-order valence-electron chi connectivity index (χ3n) is 5.39. The lowest BCUT2D eigenvalue weighted by molar-refractivity contribution is 0.0131. The number of para-hydroxylation sites is 2. The number of ether oxygens (including phenoxy) is 2. The molecule has 164 valence electrons. The summed E-state index contributed by atoms with van der Waals surface area (Å²) in [6.07, 6.45) is 6.80. The maximum Gasteiger partial charge on any atom is 0.133 e. The highest BCUT2D eigenvalue weighted by Gasteiger charge is 2.31. The Morgan fingerprint density at radius 2 is 1.73 bits per heavy atom. The lowest BCUT2D eigenvalue weighted by Gasteiger charge is -2.31. The van der Waals surface area contributed by atoms with Crippen LogP contribution in [0.1, 0.15) is 50.2 Å². The van der Waals surface area contributed by atoms with Gasteiger partial charge in [0.2, 0.25) is 0 Å². The highest BCUT2D eigenvalue weighted by Crippen LogP contribution is 2.39. The van der Waals surface area contributed by atoms with E-state index in [9.17, 15) is 5.11 Å². The number of benzene rings is 2. The molecule has 4 nitrogen and oxygen atoms in total. The molecular formula is C26H37NO3. The Hall–Kier alpha value is -2.14. The summed E-state index contributed by atoms with van der Waals surface area (Å²) >= 11 is 0. The molecule has 0 aromatic heterocycles. The predicted octanol–water partition coefficient (Wildman–Crippen LogP) is 5.60. The summed E-state index contributed by atoms with van der Waals surface area (Å²) in [4.78, 5) is 0. The number of hydrogen-bond acceptors (Lipinski definition) is 4. The molecule has 0 bridgehead atoms. The molecule has 2 rings (SSSR count). The molecule has 0 saturated carbocycles. The van der Waals surface area contributed by atoms with Crippen LogP contribution in [-0.4, -0.2) is 31.9 Å². The SMILES string of the molecule is C=CCCNCC[C@@](O)(CCCCOC)c1ccccc1Oc1ccccc1CC. The van der Waals surface area contributed by atoms with E-state index in [1.165, 1.54) is 0 Å². The monoisotopic (exact) mass is 411 g/mol. The van der Waals surface area contributed by atoms with Gasteiger partial charge in [0.1, 0.15) is 11.5 Å². The second kappa shape index (κ2) is 13.2. The standard InChI is InChI=1S/C26H37NO3/c1-4-6-19-27-20-18-26(28,17-11-12-21-29-3)23-14-8-10-16-25(23)30-24-15-9-7-13-22(24)5-2/h4,7-10,13-16,27-28H,1,5-6,11-12,17-21H2,2-3H3/t26-/m0/s1. The highest BCUT2D eigenvalue weighted by atomic mass is 16.5.